The third-order valence-corrected chi connectivity index (χ3v) is 8.18. The molecule has 0 amide bonds. The summed E-state index contributed by atoms with van der Waals surface area (Å²) in [5.41, 5.74) is -1.54. The van der Waals surface area contributed by atoms with Gasteiger partial charge in [-0.25, -0.2) is 31.4 Å². The van der Waals surface area contributed by atoms with E-state index in [1.54, 1.807) is 0 Å². The molecule has 7 nitrogen and oxygen atoms in total. The first-order valence-electron chi connectivity index (χ1n) is 11.0. The van der Waals surface area contributed by atoms with Crippen molar-refractivity contribution in [2.75, 3.05) is 27.2 Å². The molecule has 3 heterocycles. The van der Waals surface area contributed by atoms with Crippen molar-refractivity contribution >= 4 is 27.0 Å². The molecule has 0 atom stereocenters. The Kier molecular flexibility index (Phi) is 7.84. The van der Waals surface area contributed by atoms with Gasteiger partial charge < -0.3 is 4.90 Å². The predicted octanol–water partition coefficient (Wildman–Crippen LogP) is 4.65. The fourth-order valence-electron chi connectivity index (χ4n) is 3.37. The van der Waals surface area contributed by atoms with E-state index in [4.69, 9.17) is 0 Å². The maximum Gasteiger partial charge on any atom is 0.416 e. The van der Waals surface area contributed by atoms with Crippen LogP contribution in [-0.4, -0.2) is 55.1 Å². The van der Waals surface area contributed by atoms with Crippen molar-refractivity contribution in [2.45, 2.75) is 16.8 Å². The van der Waals surface area contributed by atoms with Crippen LogP contribution >= 0.6 is 11.3 Å². The van der Waals surface area contributed by atoms with Crippen LogP contribution in [0.1, 0.15) is 28.1 Å². The summed E-state index contributed by atoms with van der Waals surface area (Å²) in [7, 11) is -0.0961. The number of hydrogen-bond donors (Lipinski definition) is 1. The SMILES string of the molecule is CN(C)CCNS(=O)(=O)c1ccc(C#Cc2cnn3c(C(F)F)cc(-c4cccc(C(F)(F)F)c4)nc23)s1. The van der Waals surface area contributed by atoms with E-state index in [2.05, 4.69) is 26.6 Å². The van der Waals surface area contributed by atoms with Crippen molar-refractivity contribution in [1.82, 2.24) is 24.2 Å². The molecule has 0 bridgehead atoms. The summed E-state index contributed by atoms with van der Waals surface area (Å²) in [6, 6.07) is 8.11. The van der Waals surface area contributed by atoms with Gasteiger partial charge in [-0.3, -0.25) is 0 Å². The molecular formula is C24H20F5N5O2S2. The van der Waals surface area contributed by atoms with Crippen molar-refractivity contribution < 1.29 is 30.4 Å². The van der Waals surface area contributed by atoms with Gasteiger partial charge in [0.25, 0.3) is 6.43 Å². The Morgan fingerprint density at radius 1 is 1.13 bits per heavy atom. The predicted molar refractivity (Wildman–Crippen MR) is 132 cm³/mol. The molecule has 1 aromatic carbocycles. The molecule has 0 fully saturated rings. The second-order valence-electron chi connectivity index (χ2n) is 8.31. The first kappa shape index (κ1) is 27.6. The Balaban J connectivity index is 1.69. The highest BCUT2D eigenvalue weighted by Crippen LogP contribution is 2.33. The average molecular weight is 570 g/mol. The van der Waals surface area contributed by atoms with Gasteiger partial charge in [0.15, 0.2) is 5.65 Å². The van der Waals surface area contributed by atoms with Crippen molar-refractivity contribution in [1.29, 1.82) is 0 Å². The highest BCUT2D eigenvalue weighted by molar-refractivity contribution is 7.91. The zero-order chi connectivity index (χ0) is 27.7. The molecule has 200 valence electrons. The standard InChI is InChI=1S/C24H20F5N5O2S2/c1-33(2)11-10-31-38(35,36)21-9-8-18(37-21)7-6-16-14-30-34-20(22(25)26)13-19(32-23(16)34)15-4-3-5-17(12-15)24(27,28)29/h3-5,8-9,12-14,22,31H,10-11H2,1-2H3. The topological polar surface area (TPSA) is 79.6 Å². The van der Waals surface area contributed by atoms with Crippen molar-refractivity contribution in [3.8, 4) is 23.1 Å². The number of thiophene rings is 1. The van der Waals surface area contributed by atoms with Crippen LogP contribution in [0.5, 0.6) is 0 Å². The Bertz CT molecular complexity index is 1630. The molecule has 0 saturated heterocycles. The fraction of sp³-hybridized carbons (Fsp3) is 0.250. The van der Waals surface area contributed by atoms with E-state index in [9.17, 15) is 30.4 Å². The number of aromatic nitrogens is 3. The van der Waals surface area contributed by atoms with Gasteiger partial charge in [-0.1, -0.05) is 24.0 Å². The average Bonchev–Trinajstić information content (AvgIpc) is 3.49. The molecular weight excluding hydrogens is 549 g/mol. The van der Waals surface area contributed by atoms with Gasteiger partial charge in [0, 0.05) is 18.7 Å². The molecule has 14 heteroatoms. The molecule has 4 rings (SSSR count). The maximum absolute atomic E-state index is 13.8. The lowest BCUT2D eigenvalue weighted by atomic mass is 10.1. The quantitative estimate of drug-likeness (QED) is 0.259. The minimum absolute atomic E-state index is 0.000735. The van der Waals surface area contributed by atoms with Crippen LogP contribution in [0.15, 0.2) is 52.9 Å². The number of sulfonamides is 1. The number of alkyl halides is 5. The molecule has 0 saturated carbocycles. The molecule has 1 N–H and O–H groups in total. The first-order valence-corrected chi connectivity index (χ1v) is 13.3. The number of nitrogens with one attached hydrogen (secondary N) is 1. The summed E-state index contributed by atoms with van der Waals surface area (Å²) in [5.74, 6) is 5.54. The first-order chi connectivity index (χ1) is 17.8. The Hall–Kier alpha value is -3.38. The summed E-state index contributed by atoms with van der Waals surface area (Å²) in [6.45, 7) is 0.741. The number of halogens is 5. The highest BCUT2D eigenvalue weighted by Gasteiger charge is 2.30. The Labute approximate surface area is 219 Å². The summed E-state index contributed by atoms with van der Waals surface area (Å²) in [4.78, 5) is 6.49. The fourth-order valence-corrected chi connectivity index (χ4v) is 5.59. The van der Waals surface area contributed by atoms with Crippen molar-refractivity contribution in [2.24, 2.45) is 0 Å². The Morgan fingerprint density at radius 3 is 2.58 bits per heavy atom. The van der Waals surface area contributed by atoms with E-state index in [-0.39, 0.29) is 33.2 Å². The smallest absolute Gasteiger partial charge is 0.308 e. The van der Waals surface area contributed by atoms with Crippen LogP contribution in [0.3, 0.4) is 0 Å². The minimum Gasteiger partial charge on any atom is -0.308 e. The van der Waals surface area contributed by atoms with E-state index in [0.29, 0.717) is 11.4 Å². The molecule has 3 aromatic heterocycles. The zero-order valence-corrected chi connectivity index (χ0v) is 21.6. The lowest BCUT2D eigenvalue weighted by Gasteiger charge is -2.10. The largest absolute Gasteiger partial charge is 0.416 e. The van der Waals surface area contributed by atoms with Crippen LogP contribution in [0.2, 0.25) is 0 Å². The van der Waals surface area contributed by atoms with Crippen LogP contribution in [-0.2, 0) is 16.2 Å². The molecule has 0 spiro atoms. The van der Waals surface area contributed by atoms with E-state index in [0.717, 1.165) is 34.1 Å². The molecule has 0 aliphatic heterocycles. The molecule has 38 heavy (non-hydrogen) atoms. The maximum atomic E-state index is 13.8. The lowest BCUT2D eigenvalue weighted by Crippen LogP contribution is -2.30. The van der Waals surface area contributed by atoms with Crippen molar-refractivity contribution in [3.05, 3.63) is 70.4 Å². The Morgan fingerprint density at radius 2 is 1.89 bits per heavy atom. The lowest BCUT2D eigenvalue weighted by molar-refractivity contribution is -0.137. The van der Waals surface area contributed by atoms with E-state index in [1.807, 2.05) is 19.0 Å². The highest BCUT2D eigenvalue weighted by atomic mass is 32.2. The van der Waals surface area contributed by atoms with E-state index < -0.39 is 33.9 Å². The van der Waals surface area contributed by atoms with Crippen molar-refractivity contribution in [3.63, 3.8) is 0 Å². The monoisotopic (exact) mass is 569 g/mol. The molecule has 0 aliphatic rings. The van der Waals surface area contributed by atoms with Gasteiger partial charge in [-0.15, -0.1) is 11.3 Å². The molecule has 4 aromatic rings. The number of likely N-dealkylation sites (N-methyl/N-ethyl adjacent to an activating group) is 1. The van der Waals surface area contributed by atoms with Gasteiger partial charge in [0.2, 0.25) is 10.0 Å². The number of hydrogen-bond acceptors (Lipinski definition) is 6. The number of rotatable bonds is 7. The third-order valence-electron chi connectivity index (χ3n) is 5.23. The number of fused-ring (bicyclic) bond motifs is 1. The van der Waals surface area contributed by atoms with Crippen LogP contribution in [0.4, 0.5) is 22.0 Å². The third kappa shape index (κ3) is 6.18. The van der Waals surface area contributed by atoms with Gasteiger partial charge in [0.1, 0.15) is 9.90 Å². The summed E-state index contributed by atoms with van der Waals surface area (Å²) in [5, 5.41) is 3.92. The van der Waals surface area contributed by atoms with Gasteiger partial charge >= 0.3 is 6.18 Å². The molecule has 0 unspecified atom stereocenters. The normalized spacial score (nSPS) is 12.3. The van der Waals surface area contributed by atoms with Crippen LogP contribution in [0.25, 0.3) is 16.9 Å². The van der Waals surface area contributed by atoms with E-state index in [1.165, 1.54) is 30.5 Å². The zero-order valence-electron chi connectivity index (χ0n) is 19.9. The summed E-state index contributed by atoms with van der Waals surface area (Å²) >= 11 is 0.926. The molecule has 0 aliphatic carbocycles. The number of nitrogens with zero attached hydrogens (tertiary/aromatic N) is 4. The second kappa shape index (κ2) is 10.8. The summed E-state index contributed by atoms with van der Waals surface area (Å²) in [6.07, 6.45) is -6.39. The van der Waals surface area contributed by atoms with Gasteiger partial charge in [0.05, 0.1) is 27.9 Å². The van der Waals surface area contributed by atoms with Gasteiger partial charge in [-0.05, 0) is 44.4 Å². The van der Waals surface area contributed by atoms with E-state index >= 15 is 0 Å². The van der Waals surface area contributed by atoms with Crippen LogP contribution in [0, 0.1) is 11.8 Å². The second-order valence-corrected chi connectivity index (χ2v) is 11.4. The van der Waals surface area contributed by atoms with Crippen LogP contribution < -0.4 is 4.72 Å². The number of benzene rings is 1. The minimum atomic E-state index is -4.62. The van der Waals surface area contributed by atoms with Gasteiger partial charge in [-0.2, -0.15) is 18.3 Å². The summed E-state index contributed by atoms with van der Waals surface area (Å²) < 4.78 is 95.5. The molecule has 0 radical (unpaired) electrons.